The minimum Gasteiger partial charge on any atom is -0.427 e. The van der Waals surface area contributed by atoms with Crippen molar-refractivity contribution < 1.29 is 22.7 Å². The van der Waals surface area contributed by atoms with Crippen molar-refractivity contribution in [1.29, 1.82) is 0 Å². The molecule has 0 N–H and O–H groups in total. The normalized spacial score (nSPS) is 10.2. The van der Waals surface area contributed by atoms with E-state index in [0.717, 1.165) is 0 Å². The second-order valence-electron chi connectivity index (χ2n) is 3.34. The summed E-state index contributed by atoms with van der Waals surface area (Å²) in [6, 6.07) is 5.80. The Morgan fingerprint density at radius 1 is 1.28 bits per heavy atom. The maximum absolute atomic E-state index is 12.1. The third kappa shape index (κ3) is 4.34. The zero-order valence-corrected chi connectivity index (χ0v) is 9.47. The van der Waals surface area contributed by atoms with Gasteiger partial charge in [0.1, 0.15) is 5.75 Å². The number of halogens is 3. The Labute approximate surface area is 102 Å². The Kier molecular flexibility index (Phi) is 4.16. The average Bonchev–Trinajstić information content (AvgIpc) is 2.25. The van der Waals surface area contributed by atoms with Gasteiger partial charge < -0.3 is 4.74 Å². The number of hydrogen-bond donors (Lipinski definition) is 0. The maximum atomic E-state index is 12.1. The predicted octanol–water partition coefficient (Wildman–Crippen LogP) is 3.08. The quantitative estimate of drug-likeness (QED) is 0.437. The highest BCUT2D eigenvalue weighted by Crippen LogP contribution is 2.23. The van der Waals surface area contributed by atoms with E-state index in [1.54, 1.807) is 0 Å². The second kappa shape index (κ2) is 5.41. The molecule has 0 aliphatic heterocycles. The molecule has 1 aromatic carbocycles. The molecule has 0 bridgehead atoms. The minimum atomic E-state index is -4.51. The molecule has 2 nitrogen and oxygen atoms in total. The van der Waals surface area contributed by atoms with Gasteiger partial charge in [0.25, 0.3) is 0 Å². The molecule has 1 aromatic rings. The van der Waals surface area contributed by atoms with Gasteiger partial charge in [-0.1, -0.05) is 18.4 Å². The number of carbonyl (C=O) groups excluding carboxylic acids is 1. The van der Waals surface area contributed by atoms with E-state index in [4.69, 9.17) is 4.74 Å². The van der Waals surface area contributed by atoms with Gasteiger partial charge in [-0.25, -0.2) is 0 Å². The van der Waals surface area contributed by atoms with Crippen LogP contribution in [0.1, 0.15) is 12.5 Å². The van der Waals surface area contributed by atoms with Crippen LogP contribution in [0, 0.1) is 11.8 Å². The van der Waals surface area contributed by atoms with Gasteiger partial charge in [-0.15, -0.1) is 0 Å². The summed E-state index contributed by atoms with van der Waals surface area (Å²) in [5, 5.41) is 0. The fraction of sp³-hybridized carbons (Fsp3) is 0.154. The van der Waals surface area contributed by atoms with E-state index in [1.807, 2.05) is 5.92 Å². The summed E-state index contributed by atoms with van der Waals surface area (Å²) in [7, 11) is 0. The third-order valence-electron chi connectivity index (χ3n) is 1.82. The van der Waals surface area contributed by atoms with Gasteiger partial charge in [0.15, 0.2) is 0 Å². The minimum absolute atomic E-state index is 0.308. The molecule has 0 saturated carbocycles. The molecule has 0 spiro atoms. The largest absolute Gasteiger partial charge is 0.427 e. The SMILES string of the molecule is C=C(C#Cc1ccc(OC(C)=O)cc1)C(F)(F)F. The summed E-state index contributed by atoms with van der Waals surface area (Å²) in [4.78, 5) is 10.6. The molecule has 0 fully saturated rings. The number of carbonyl (C=O) groups is 1. The third-order valence-corrected chi connectivity index (χ3v) is 1.82. The number of esters is 1. The van der Waals surface area contributed by atoms with Crippen LogP contribution in [0.2, 0.25) is 0 Å². The smallest absolute Gasteiger partial charge is 0.423 e. The molecule has 0 atom stereocenters. The van der Waals surface area contributed by atoms with Crippen molar-refractivity contribution in [3.05, 3.63) is 42.0 Å². The Balaban J connectivity index is 2.79. The fourth-order valence-electron chi connectivity index (χ4n) is 0.991. The summed E-state index contributed by atoms with van der Waals surface area (Å²) in [5.41, 5.74) is -0.733. The van der Waals surface area contributed by atoms with E-state index in [9.17, 15) is 18.0 Å². The van der Waals surface area contributed by atoms with Crippen LogP contribution in [-0.4, -0.2) is 12.1 Å². The molecule has 18 heavy (non-hydrogen) atoms. The summed E-state index contributed by atoms with van der Waals surface area (Å²) < 4.78 is 41.1. The highest BCUT2D eigenvalue weighted by atomic mass is 19.4. The van der Waals surface area contributed by atoms with Gasteiger partial charge in [-0.05, 0) is 24.3 Å². The zero-order chi connectivity index (χ0) is 13.8. The lowest BCUT2D eigenvalue weighted by Crippen LogP contribution is -2.08. The summed E-state index contributed by atoms with van der Waals surface area (Å²) >= 11 is 0. The lowest BCUT2D eigenvalue weighted by Gasteiger charge is -2.02. The van der Waals surface area contributed by atoms with Crippen molar-refractivity contribution in [2.75, 3.05) is 0 Å². The van der Waals surface area contributed by atoms with Crippen molar-refractivity contribution >= 4 is 5.97 Å². The van der Waals surface area contributed by atoms with Crippen LogP contribution >= 0.6 is 0 Å². The molecule has 0 aliphatic carbocycles. The molecule has 0 aromatic heterocycles. The Bertz CT molecular complexity index is 516. The van der Waals surface area contributed by atoms with Crippen molar-refractivity contribution in [2.24, 2.45) is 0 Å². The summed E-state index contributed by atoms with van der Waals surface area (Å²) in [5.74, 6) is 4.08. The predicted molar refractivity (Wildman–Crippen MR) is 59.8 cm³/mol. The molecule has 5 heteroatoms. The van der Waals surface area contributed by atoms with Crippen LogP contribution < -0.4 is 4.74 Å². The van der Waals surface area contributed by atoms with Crippen LogP contribution in [0.15, 0.2) is 36.4 Å². The van der Waals surface area contributed by atoms with Gasteiger partial charge >= 0.3 is 12.1 Å². The molecule has 0 aliphatic rings. The van der Waals surface area contributed by atoms with Crippen LogP contribution in [0.5, 0.6) is 5.75 Å². The second-order valence-corrected chi connectivity index (χ2v) is 3.34. The molecule has 0 saturated heterocycles. The summed E-state index contributed by atoms with van der Waals surface area (Å²) in [6.45, 7) is 4.08. The van der Waals surface area contributed by atoms with Gasteiger partial charge in [-0.2, -0.15) is 13.2 Å². The number of hydrogen-bond acceptors (Lipinski definition) is 2. The monoisotopic (exact) mass is 254 g/mol. The van der Waals surface area contributed by atoms with Gasteiger partial charge in [0, 0.05) is 12.5 Å². The standard InChI is InChI=1S/C13H9F3O2/c1-9(13(14,15)16)3-4-11-5-7-12(8-6-11)18-10(2)17/h5-8H,1H2,2H3. The van der Waals surface area contributed by atoms with Crippen LogP contribution in [0.4, 0.5) is 13.2 Å². The fourth-order valence-corrected chi connectivity index (χ4v) is 0.991. The van der Waals surface area contributed by atoms with Crippen molar-refractivity contribution in [1.82, 2.24) is 0 Å². The van der Waals surface area contributed by atoms with Gasteiger partial charge in [-0.3, -0.25) is 4.79 Å². The van der Waals surface area contributed by atoms with Gasteiger partial charge in [0.05, 0.1) is 5.57 Å². The number of rotatable bonds is 1. The average molecular weight is 254 g/mol. The zero-order valence-electron chi connectivity index (χ0n) is 9.47. The van der Waals surface area contributed by atoms with E-state index in [2.05, 4.69) is 12.5 Å². The van der Waals surface area contributed by atoms with Crippen LogP contribution in [0.3, 0.4) is 0 Å². The van der Waals surface area contributed by atoms with E-state index < -0.39 is 17.7 Å². The van der Waals surface area contributed by atoms with Crippen LogP contribution in [0.25, 0.3) is 0 Å². The first-order valence-electron chi connectivity index (χ1n) is 4.85. The maximum Gasteiger partial charge on any atom is 0.423 e. The molecule has 1 rings (SSSR count). The number of ether oxygens (including phenoxy) is 1. The molecule has 0 heterocycles. The molecular weight excluding hydrogens is 245 g/mol. The van der Waals surface area contributed by atoms with E-state index in [1.165, 1.54) is 31.2 Å². The van der Waals surface area contributed by atoms with E-state index in [0.29, 0.717) is 11.3 Å². The number of alkyl halides is 3. The Morgan fingerprint density at radius 2 is 1.83 bits per heavy atom. The van der Waals surface area contributed by atoms with Crippen molar-refractivity contribution in [3.63, 3.8) is 0 Å². The van der Waals surface area contributed by atoms with Crippen molar-refractivity contribution in [2.45, 2.75) is 13.1 Å². The molecular formula is C13H9F3O2. The van der Waals surface area contributed by atoms with Crippen LogP contribution in [-0.2, 0) is 4.79 Å². The lowest BCUT2D eigenvalue weighted by atomic mass is 10.2. The molecule has 94 valence electrons. The first-order chi connectivity index (χ1) is 8.29. The van der Waals surface area contributed by atoms with E-state index >= 15 is 0 Å². The molecule has 0 amide bonds. The number of benzene rings is 1. The van der Waals surface area contributed by atoms with Gasteiger partial charge in [0.2, 0.25) is 0 Å². The lowest BCUT2D eigenvalue weighted by molar-refractivity contribution is -0.131. The number of allylic oxidation sites excluding steroid dienone is 1. The van der Waals surface area contributed by atoms with E-state index in [-0.39, 0.29) is 0 Å². The molecule has 0 radical (unpaired) electrons. The topological polar surface area (TPSA) is 26.3 Å². The summed E-state index contributed by atoms with van der Waals surface area (Å²) in [6.07, 6.45) is -4.51. The highest BCUT2D eigenvalue weighted by molar-refractivity contribution is 5.69. The Morgan fingerprint density at radius 3 is 2.28 bits per heavy atom. The van der Waals surface area contributed by atoms with Crippen molar-refractivity contribution in [3.8, 4) is 17.6 Å². The Hall–Kier alpha value is -2.22. The first kappa shape index (κ1) is 13.8. The highest BCUT2D eigenvalue weighted by Gasteiger charge is 2.30. The molecule has 0 unspecified atom stereocenters. The first-order valence-corrected chi connectivity index (χ1v) is 4.85.